The first-order valence-corrected chi connectivity index (χ1v) is 13.8. The molecule has 7 heteroatoms. The van der Waals surface area contributed by atoms with E-state index in [-0.39, 0.29) is 30.3 Å². The second-order valence-electron chi connectivity index (χ2n) is 9.30. The molecule has 0 aromatic heterocycles. The number of para-hydroxylation sites is 1. The molecule has 1 atom stereocenters. The number of carbonyl (C=O) groups is 4. The Bertz CT molecular complexity index is 781. The van der Waals surface area contributed by atoms with E-state index in [0.29, 0.717) is 18.5 Å². The summed E-state index contributed by atoms with van der Waals surface area (Å²) in [5.41, 5.74) is 0.642. The molecule has 1 rings (SSSR count). The maximum absolute atomic E-state index is 12.8. The van der Waals surface area contributed by atoms with Gasteiger partial charge in [-0.1, -0.05) is 96.1 Å². The third-order valence-corrected chi connectivity index (χ3v) is 6.25. The van der Waals surface area contributed by atoms with Gasteiger partial charge in [-0.3, -0.25) is 14.4 Å². The van der Waals surface area contributed by atoms with Crippen molar-refractivity contribution in [1.29, 1.82) is 0 Å². The number of benzene rings is 1. The largest absolute Gasteiger partial charge is 0.464 e. The second kappa shape index (κ2) is 20.5. The topological polar surface area (TPSA) is 102 Å². The van der Waals surface area contributed by atoms with Crippen molar-refractivity contribution in [3.8, 4) is 0 Å². The van der Waals surface area contributed by atoms with Crippen molar-refractivity contribution in [2.24, 2.45) is 0 Å². The Morgan fingerprint density at radius 2 is 1.39 bits per heavy atom. The van der Waals surface area contributed by atoms with E-state index >= 15 is 0 Å². The molecule has 0 saturated heterocycles. The minimum absolute atomic E-state index is 0.154. The van der Waals surface area contributed by atoms with Gasteiger partial charge in [-0.15, -0.1) is 0 Å². The van der Waals surface area contributed by atoms with Gasteiger partial charge in [0, 0.05) is 18.4 Å². The van der Waals surface area contributed by atoms with E-state index in [1.165, 1.54) is 64.2 Å². The Hall–Kier alpha value is -2.70. The summed E-state index contributed by atoms with van der Waals surface area (Å²) >= 11 is 0. The molecule has 0 radical (unpaired) electrons. The van der Waals surface area contributed by atoms with Crippen LogP contribution >= 0.6 is 0 Å². The smallest absolute Gasteiger partial charge is 0.329 e. The molecule has 0 bridgehead atoms. The number of hydrogen-bond donors (Lipinski definition) is 2. The number of esters is 1. The van der Waals surface area contributed by atoms with E-state index in [1.807, 2.05) is 0 Å². The predicted molar refractivity (Wildman–Crippen MR) is 144 cm³/mol. The Kier molecular flexibility index (Phi) is 17.8. The Morgan fingerprint density at radius 3 is 1.94 bits per heavy atom. The van der Waals surface area contributed by atoms with Gasteiger partial charge >= 0.3 is 5.97 Å². The predicted octanol–water partition coefficient (Wildman–Crippen LogP) is 6.36. The quantitative estimate of drug-likeness (QED) is 0.0832. The van der Waals surface area contributed by atoms with Gasteiger partial charge < -0.3 is 15.4 Å². The van der Waals surface area contributed by atoms with Gasteiger partial charge in [-0.25, -0.2) is 4.79 Å². The average Bonchev–Trinajstić information content (AvgIpc) is 2.87. The number of ether oxygens (including phenoxy) is 1. The van der Waals surface area contributed by atoms with Crippen LogP contribution in [0.25, 0.3) is 0 Å². The van der Waals surface area contributed by atoms with Crippen molar-refractivity contribution >= 4 is 29.8 Å². The molecule has 0 aliphatic heterocycles. The number of ketones is 1. The number of carbonyl (C=O) groups excluding carboxylic acids is 4. The number of unbranched alkanes of at least 4 members (excludes halogenated alkanes) is 12. The van der Waals surface area contributed by atoms with Gasteiger partial charge in [-0.05, 0) is 25.5 Å². The highest BCUT2D eigenvalue weighted by molar-refractivity contribution is 6.04. The molecule has 0 aliphatic rings. The third-order valence-electron chi connectivity index (χ3n) is 6.25. The van der Waals surface area contributed by atoms with E-state index < -0.39 is 12.0 Å². The van der Waals surface area contributed by atoms with Crippen LogP contribution in [0.1, 0.15) is 121 Å². The molecule has 1 unspecified atom stereocenters. The van der Waals surface area contributed by atoms with Crippen LogP contribution in [-0.4, -0.2) is 36.7 Å². The lowest BCUT2D eigenvalue weighted by atomic mass is 10.0. The van der Waals surface area contributed by atoms with Crippen LogP contribution in [0.4, 0.5) is 5.69 Å². The molecule has 2 amide bonds. The van der Waals surface area contributed by atoms with Crippen molar-refractivity contribution < 1.29 is 23.9 Å². The summed E-state index contributed by atoms with van der Waals surface area (Å²) in [7, 11) is 0. The van der Waals surface area contributed by atoms with E-state index in [1.54, 1.807) is 31.2 Å². The molecular weight excluding hydrogens is 456 g/mol. The number of amides is 2. The van der Waals surface area contributed by atoms with Crippen LogP contribution in [0.5, 0.6) is 0 Å². The molecule has 0 heterocycles. The molecule has 0 fully saturated rings. The van der Waals surface area contributed by atoms with Crippen molar-refractivity contribution in [1.82, 2.24) is 5.32 Å². The molecule has 1 aromatic rings. The van der Waals surface area contributed by atoms with E-state index in [0.717, 1.165) is 19.3 Å². The minimum Gasteiger partial charge on any atom is -0.464 e. The van der Waals surface area contributed by atoms with Crippen LogP contribution in [-0.2, 0) is 19.1 Å². The number of Topliss-reactive ketones (excluding diaryl/α,β-unsaturated/α-hetero) is 1. The number of anilines is 1. The molecule has 0 saturated carbocycles. The van der Waals surface area contributed by atoms with Crippen molar-refractivity contribution in [3.63, 3.8) is 0 Å². The van der Waals surface area contributed by atoms with E-state index in [2.05, 4.69) is 17.6 Å². The normalized spacial score (nSPS) is 11.5. The lowest BCUT2D eigenvalue weighted by molar-refractivity contribution is -0.147. The fourth-order valence-corrected chi connectivity index (χ4v) is 4.22. The van der Waals surface area contributed by atoms with Gasteiger partial charge in [0.05, 0.1) is 12.3 Å². The zero-order valence-electron chi connectivity index (χ0n) is 22.3. The average molecular weight is 503 g/mol. The van der Waals surface area contributed by atoms with Gasteiger partial charge in [0.1, 0.15) is 6.04 Å². The number of nitrogens with one attached hydrogen (secondary N) is 2. The summed E-state index contributed by atoms with van der Waals surface area (Å²) in [6.45, 7) is 4.07. The molecular formula is C29H46N2O5. The molecule has 0 spiro atoms. The fourth-order valence-electron chi connectivity index (χ4n) is 4.22. The van der Waals surface area contributed by atoms with Crippen LogP contribution in [0, 0.1) is 0 Å². The van der Waals surface area contributed by atoms with Crippen molar-refractivity contribution in [2.45, 2.75) is 116 Å². The lowest BCUT2D eigenvalue weighted by Gasteiger charge is -2.17. The zero-order valence-corrected chi connectivity index (χ0v) is 22.3. The van der Waals surface area contributed by atoms with Crippen LogP contribution in [0.15, 0.2) is 24.3 Å². The van der Waals surface area contributed by atoms with Crippen LogP contribution in [0.2, 0.25) is 0 Å². The third kappa shape index (κ3) is 14.0. The molecule has 2 N–H and O–H groups in total. The van der Waals surface area contributed by atoms with Crippen LogP contribution in [0.3, 0.4) is 0 Å². The highest BCUT2D eigenvalue weighted by atomic mass is 16.5. The first-order chi connectivity index (χ1) is 17.5. The first kappa shape index (κ1) is 31.3. The number of hydrogen-bond acceptors (Lipinski definition) is 5. The lowest BCUT2D eigenvalue weighted by Crippen LogP contribution is -2.43. The first-order valence-electron chi connectivity index (χ1n) is 13.8. The van der Waals surface area contributed by atoms with Crippen molar-refractivity contribution in [3.05, 3.63) is 29.8 Å². The second-order valence-corrected chi connectivity index (χ2v) is 9.30. The minimum atomic E-state index is -1.06. The van der Waals surface area contributed by atoms with Gasteiger partial charge in [0.2, 0.25) is 12.3 Å². The van der Waals surface area contributed by atoms with Crippen LogP contribution < -0.4 is 10.6 Å². The highest BCUT2D eigenvalue weighted by Crippen LogP contribution is 2.18. The Balaban J connectivity index is 2.33. The maximum Gasteiger partial charge on any atom is 0.329 e. The van der Waals surface area contributed by atoms with Gasteiger partial charge in [0.25, 0.3) is 0 Å². The molecule has 0 aliphatic carbocycles. The summed E-state index contributed by atoms with van der Waals surface area (Å²) < 4.78 is 5.06. The summed E-state index contributed by atoms with van der Waals surface area (Å²) in [4.78, 5) is 48.5. The van der Waals surface area contributed by atoms with Crippen molar-refractivity contribution in [2.75, 3.05) is 11.9 Å². The standard InChI is InChI=1S/C29H46N2O5/c1-3-5-6-7-8-9-10-11-12-13-14-15-16-21-28(34)31-26(29(35)36-4-2)22-27(33)24-19-17-18-20-25(24)30-23-32/h17-20,23,26H,3-16,21-22H2,1-2H3,(H,30,32)(H,31,34). The monoisotopic (exact) mass is 502 g/mol. The van der Waals surface area contributed by atoms with Gasteiger partial charge in [0.15, 0.2) is 5.78 Å². The SMILES string of the molecule is CCCCCCCCCCCCCCCC(=O)NC(CC(=O)c1ccccc1NC=O)C(=O)OCC. The molecule has 1 aromatic carbocycles. The maximum atomic E-state index is 12.8. The molecule has 7 nitrogen and oxygen atoms in total. The van der Waals surface area contributed by atoms with E-state index in [9.17, 15) is 19.2 Å². The summed E-state index contributed by atoms with van der Waals surface area (Å²) in [6.07, 6.45) is 16.5. The summed E-state index contributed by atoms with van der Waals surface area (Å²) in [5.74, 6) is -1.26. The van der Waals surface area contributed by atoms with E-state index in [4.69, 9.17) is 4.74 Å². The zero-order chi connectivity index (χ0) is 26.4. The molecule has 36 heavy (non-hydrogen) atoms. The fraction of sp³-hybridized carbons (Fsp3) is 0.655. The Morgan fingerprint density at radius 1 is 0.833 bits per heavy atom. The highest BCUT2D eigenvalue weighted by Gasteiger charge is 2.26. The Labute approximate surface area is 217 Å². The van der Waals surface area contributed by atoms with Gasteiger partial charge in [-0.2, -0.15) is 0 Å². The summed E-state index contributed by atoms with van der Waals surface area (Å²) in [6, 6.07) is 5.50. The number of rotatable bonds is 22. The summed E-state index contributed by atoms with van der Waals surface area (Å²) in [5, 5.41) is 5.16. The molecule has 202 valence electrons.